The average Bonchev–Trinajstić information content (AvgIpc) is 2.54. The molecule has 3 aromatic rings. The fourth-order valence-electron chi connectivity index (χ4n) is 2.66. The predicted molar refractivity (Wildman–Crippen MR) is 106 cm³/mol. The van der Waals surface area contributed by atoms with Crippen LogP contribution in [0.3, 0.4) is 0 Å². The Morgan fingerprint density at radius 2 is 1.68 bits per heavy atom. The first-order valence-corrected chi connectivity index (χ1v) is 8.56. The largest absolute Gasteiger partial charge is 0.512 e. The zero-order valence-electron chi connectivity index (χ0n) is 16.5. The van der Waals surface area contributed by atoms with Crippen molar-refractivity contribution >= 4 is 16.7 Å². The van der Waals surface area contributed by atoms with E-state index in [4.69, 9.17) is 5.11 Å². The molecule has 0 spiro atoms. The maximum Gasteiger partial charge on any atom is 0.155 e. The Balaban J connectivity index is 0.000000425. The molecule has 3 rings (SSSR count). The third kappa shape index (κ3) is 6.63. The van der Waals surface area contributed by atoms with Crippen LogP contribution in [0.25, 0.3) is 22.3 Å². The van der Waals surface area contributed by atoms with E-state index in [9.17, 15) is 9.18 Å². The molecule has 0 aliphatic rings. The molecule has 6 heteroatoms. The fourth-order valence-corrected chi connectivity index (χ4v) is 2.66. The summed E-state index contributed by atoms with van der Waals surface area (Å²) in [6, 6.07) is 11.1. The molecule has 0 fully saturated rings. The number of fused-ring (bicyclic) bond motifs is 1. The summed E-state index contributed by atoms with van der Waals surface area (Å²) in [6.45, 7) is 8.61. The van der Waals surface area contributed by atoms with Gasteiger partial charge in [-0.3, -0.25) is 9.78 Å². The molecule has 0 atom stereocenters. The van der Waals surface area contributed by atoms with Crippen LogP contribution in [0.4, 0.5) is 4.39 Å². The van der Waals surface area contributed by atoms with E-state index in [1.165, 1.54) is 26.0 Å². The molecule has 149 valence electrons. The number of carbonyl (C=O) groups excluding carboxylic acids is 1. The SMILES string of the molecule is CC(=O)/C=C(/C)O.Cc1cc(C)nc(-c2ccc3cc(F)c(C)cc3n2)c1.[Ir]. The first kappa shape index (κ1) is 23.6. The Labute approximate surface area is 177 Å². The Bertz CT molecular complexity index is 1010. The summed E-state index contributed by atoms with van der Waals surface area (Å²) in [5.74, 6) is -0.260. The van der Waals surface area contributed by atoms with Crippen LogP contribution in [-0.4, -0.2) is 20.9 Å². The van der Waals surface area contributed by atoms with E-state index in [0.29, 0.717) is 5.56 Å². The molecule has 2 aromatic heterocycles. The van der Waals surface area contributed by atoms with E-state index in [1.54, 1.807) is 13.0 Å². The van der Waals surface area contributed by atoms with Gasteiger partial charge in [0, 0.05) is 37.3 Å². The second-order valence-corrected chi connectivity index (χ2v) is 6.56. The number of aliphatic hydroxyl groups is 1. The van der Waals surface area contributed by atoms with Gasteiger partial charge in [-0.25, -0.2) is 9.37 Å². The normalized spacial score (nSPS) is 10.7. The standard InChI is InChI=1S/C17H15FN2.C5H8O2.Ir/c1-10-6-12(3)19-17(7-10)15-5-4-13-9-14(18)11(2)8-16(13)20-15;1-4(6)3-5(2)7;/h4-9H,1-3H3;3,6H,1-2H3;/b;4-3-;. The minimum atomic E-state index is -0.198. The van der Waals surface area contributed by atoms with E-state index < -0.39 is 0 Å². The van der Waals surface area contributed by atoms with Crippen LogP contribution >= 0.6 is 0 Å². The van der Waals surface area contributed by atoms with Gasteiger partial charge in [0.1, 0.15) is 5.82 Å². The number of nitrogens with zero attached hydrogens (tertiary/aromatic N) is 2. The number of ketones is 1. The van der Waals surface area contributed by atoms with Gasteiger partial charge < -0.3 is 5.11 Å². The van der Waals surface area contributed by atoms with E-state index in [0.717, 1.165) is 33.5 Å². The maximum absolute atomic E-state index is 13.5. The molecule has 0 amide bonds. The first-order chi connectivity index (χ1) is 12.7. The number of carbonyl (C=O) groups is 1. The third-order valence-corrected chi connectivity index (χ3v) is 3.74. The van der Waals surface area contributed by atoms with Gasteiger partial charge in [-0.05, 0) is 76.1 Å². The summed E-state index contributed by atoms with van der Waals surface area (Å²) in [7, 11) is 0. The molecule has 4 nitrogen and oxygen atoms in total. The Hall–Kier alpha value is -2.43. The molecule has 0 saturated carbocycles. The number of aryl methyl sites for hydroxylation is 3. The molecule has 0 unspecified atom stereocenters. The van der Waals surface area contributed by atoms with Crippen LogP contribution in [0.15, 0.2) is 48.2 Å². The van der Waals surface area contributed by atoms with Crippen molar-refractivity contribution in [1.29, 1.82) is 0 Å². The van der Waals surface area contributed by atoms with Gasteiger partial charge in [0.25, 0.3) is 0 Å². The van der Waals surface area contributed by atoms with E-state index in [1.807, 2.05) is 38.1 Å². The number of aromatic nitrogens is 2. The molecule has 1 aromatic carbocycles. The van der Waals surface area contributed by atoms with Crippen molar-refractivity contribution in [3.05, 3.63) is 70.9 Å². The van der Waals surface area contributed by atoms with Crippen LogP contribution in [-0.2, 0) is 24.9 Å². The van der Waals surface area contributed by atoms with Gasteiger partial charge in [-0.2, -0.15) is 0 Å². The zero-order chi connectivity index (χ0) is 20.1. The molecule has 1 N–H and O–H groups in total. The molecular formula is C22H23FIrN2O2. The maximum atomic E-state index is 13.5. The topological polar surface area (TPSA) is 63.1 Å². The van der Waals surface area contributed by atoms with Gasteiger partial charge in [0.05, 0.1) is 22.7 Å². The number of halogens is 1. The van der Waals surface area contributed by atoms with Crippen molar-refractivity contribution in [1.82, 2.24) is 9.97 Å². The molecule has 0 bridgehead atoms. The fraction of sp³-hybridized carbons (Fsp3) is 0.227. The van der Waals surface area contributed by atoms with Gasteiger partial charge >= 0.3 is 0 Å². The monoisotopic (exact) mass is 559 g/mol. The summed E-state index contributed by atoms with van der Waals surface area (Å²) in [5.41, 5.74) is 5.20. The smallest absolute Gasteiger partial charge is 0.155 e. The van der Waals surface area contributed by atoms with E-state index >= 15 is 0 Å². The number of benzene rings is 1. The molecule has 2 heterocycles. The second kappa shape index (κ2) is 10.2. The average molecular weight is 559 g/mol. The number of hydrogen-bond acceptors (Lipinski definition) is 4. The van der Waals surface area contributed by atoms with Crippen LogP contribution < -0.4 is 0 Å². The van der Waals surface area contributed by atoms with Gasteiger partial charge in [-0.15, -0.1) is 0 Å². The second-order valence-electron chi connectivity index (χ2n) is 6.56. The molecule has 0 saturated heterocycles. The van der Waals surface area contributed by atoms with Crippen LogP contribution in [0.2, 0.25) is 0 Å². The third-order valence-electron chi connectivity index (χ3n) is 3.74. The summed E-state index contributed by atoms with van der Waals surface area (Å²) in [5, 5.41) is 9.17. The van der Waals surface area contributed by atoms with Crippen molar-refractivity contribution in [3.8, 4) is 11.4 Å². The summed E-state index contributed by atoms with van der Waals surface area (Å²) in [6.07, 6.45) is 1.17. The van der Waals surface area contributed by atoms with Crippen LogP contribution in [0.1, 0.15) is 30.7 Å². The number of allylic oxidation sites excluding steroid dienone is 2. The molecule has 28 heavy (non-hydrogen) atoms. The van der Waals surface area contributed by atoms with Gasteiger partial charge in [-0.1, -0.05) is 6.07 Å². The predicted octanol–water partition coefficient (Wildman–Crippen LogP) is 5.40. The Kier molecular flexibility index (Phi) is 8.61. The number of aliphatic hydroxyl groups excluding tert-OH is 1. The van der Waals surface area contributed by atoms with Gasteiger partial charge in [0.2, 0.25) is 0 Å². The van der Waals surface area contributed by atoms with E-state index in [-0.39, 0.29) is 37.5 Å². The van der Waals surface area contributed by atoms with E-state index in [2.05, 4.69) is 9.97 Å². The molecule has 0 aliphatic carbocycles. The molecule has 1 radical (unpaired) electrons. The van der Waals surface area contributed by atoms with Crippen LogP contribution in [0.5, 0.6) is 0 Å². The quantitative estimate of drug-likeness (QED) is 0.338. The Morgan fingerprint density at radius 3 is 2.21 bits per heavy atom. The van der Waals surface area contributed by atoms with Crippen molar-refractivity contribution in [2.24, 2.45) is 0 Å². The first-order valence-electron chi connectivity index (χ1n) is 8.56. The minimum absolute atomic E-state index is 0. The molecule has 0 aliphatic heterocycles. The zero-order valence-corrected chi connectivity index (χ0v) is 18.9. The van der Waals surface area contributed by atoms with Crippen molar-refractivity contribution in [2.75, 3.05) is 0 Å². The molecular weight excluding hydrogens is 535 g/mol. The Morgan fingerprint density at radius 1 is 1.00 bits per heavy atom. The van der Waals surface area contributed by atoms with Gasteiger partial charge in [0.15, 0.2) is 5.78 Å². The number of pyridine rings is 2. The number of hydrogen-bond donors (Lipinski definition) is 1. The minimum Gasteiger partial charge on any atom is -0.512 e. The summed E-state index contributed by atoms with van der Waals surface area (Å²) in [4.78, 5) is 19.1. The van der Waals surface area contributed by atoms with Crippen molar-refractivity contribution in [3.63, 3.8) is 0 Å². The van der Waals surface area contributed by atoms with Crippen molar-refractivity contribution in [2.45, 2.75) is 34.6 Å². The summed E-state index contributed by atoms with van der Waals surface area (Å²) >= 11 is 0. The summed E-state index contributed by atoms with van der Waals surface area (Å²) < 4.78 is 13.5. The van der Waals surface area contributed by atoms with Crippen molar-refractivity contribution < 1.29 is 34.4 Å². The van der Waals surface area contributed by atoms with Crippen LogP contribution in [0, 0.1) is 26.6 Å². The number of rotatable bonds is 2.